The highest BCUT2D eigenvalue weighted by Gasteiger charge is 2.23. The average molecular weight is 568 g/mol. The summed E-state index contributed by atoms with van der Waals surface area (Å²) in [5, 5.41) is 0. The zero-order chi connectivity index (χ0) is 23.3. The van der Waals surface area contributed by atoms with Gasteiger partial charge in [0.25, 0.3) is 0 Å². The number of ketones is 1. The number of hydrogen-bond donors (Lipinski definition) is 0. The first-order valence-electron chi connectivity index (χ1n) is 11.2. The maximum absolute atomic E-state index is 11.9. The van der Waals surface area contributed by atoms with E-state index in [-0.39, 0.29) is 11.9 Å². The highest BCUT2D eigenvalue weighted by molar-refractivity contribution is 9.10. The molecule has 5 nitrogen and oxygen atoms in total. The minimum absolute atomic E-state index is 0.0208. The molecule has 0 radical (unpaired) electrons. The van der Waals surface area contributed by atoms with Crippen LogP contribution in [0.2, 0.25) is 0 Å². The molecule has 2 saturated carbocycles. The molecule has 0 N–H and O–H groups in total. The van der Waals surface area contributed by atoms with Gasteiger partial charge in [-0.1, -0.05) is 25.7 Å². The zero-order valence-corrected chi connectivity index (χ0v) is 22.0. The molecule has 0 amide bonds. The molecule has 7 heteroatoms. The van der Waals surface area contributed by atoms with E-state index in [0.29, 0.717) is 18.1 Å². The number of esters is 1. The van der Waals surface area contributed by atoms with Gasteiger partial charge in [-0.2, -0.15) is 0 Å². The number of carbonyl (C=O) groups is 2. The van der Waals surface area contributed by atoms with Crippen molar-refractivity contribution in [2.24, 2.45) is 11.8 Å². The first-order chi connectivity index (χ1) is 15.4. The van der Waals surface area contributed by atoms with Crippen LogP contribution in [0.5, 0.6) is 0 Å². The molecule has 0 unspecified atom stereocenters. The van der Waals surface area contributed by atoms with Crippen molar-refractivity contribution in [2.75, 3.05) is 7.11 Å². The summed E-state index contributed by atoms with van der Waals surface area (Å²) in [6, 6.07) is 3.88. The lowest BCUT2D eigenvalue weighted by atomic mass is 9.97. The third kappa shape index (κ3) is 9.10. The van der Waals surface area contributed by atoms with Crippen molar-refractivity contribution >= 4 is 43.6 Å². The molecule has 32 heavy (non-hydrogen) atoms. The Hall–Kier alpha value is -1.60. The molecule has 2 aromatic rings. The maximum atomic E-state index is 11.9. The summed E-state index contributed by atoms with van der Waals surface area (Å²) in [6.45, 7) is 2.03. The van der Waals surface area contributed by atoms with Gasteiger partial charge in [0.2, 0.25) is 0 Å². The van der Waals surface area contributed by atoms with Crippen LogP contribution in [0.15, 0.2) is 45.9 Å². The van der Waals surface area contributed by atoms with Crippen LogP contribution in [0.3, 0.4) is 0 Å². The fourth-order valence-electron chi connectivity index (χ4n) is 3.90. The molecule has 0 spiro atoms. The van der Waals surface area contributed by atoms with E-state index in [1.54, 1.807) is 24.8 Å². The number of Topliss-reactive ketones (excluding diaryl/α,β-unsaturated/α-hetero) is 1. The summed E-state index contributed by atoms with van der Waals surface area (Å²) in [5.41, 5.74) is 2.28. The maximum Gasteiger partial charge on any atom is 0.308 e. The number of rotatable bonds is 4. The van der Waals surface area contributed by atoms with Crippen molar-refractivity contribution in [1.82, 2.24) is 9.97 Å². The van der Waals surface area contributed by atoms with Crippen molar-refractivity contribution in [3.05, 3.63) is 57.0 Å². The molecule has 0 atom stereocenters. The number of halogens is 2. The number of pyridine rings is 2. The number of hydrogen-bond acceptors (Lipinski definition) is 5. The summed E-state index contributed by atoms with van der Waals surface area (Å²) in [5.74, 6) is 0.895. The second-order valence-electron chi connectivity index (χ2n) is 8.22. The third-order valence-electron chi connectivity index (χ3n) is 5.90. The second-order valence-corrected chi connectivity index (χ2v) is 9.93. The predicted molar refractivity (Wildman–Crippen MR) is 133 cm³/mol. The zero-order valence-electron chi connectivity index (χ0n) is 18.9. The average Bonchev–Trinajstić information content (AvgIpc) is 3.52. The summed E-state index contributed by atoms with van der Waals surface area (Å²) in [6.07, 6.45) is 16.7. The molecule has 2 aliphatic carbocycles. The number of carbonyl (C=O) groups excluding carboxylic acids is 2. The van der Waals surface area contributed by atoms with Crippen LogP contribution in [0, 0.1) is 18.8 Å². The molecular weight excluding hydrogens is 536 g/mol. The van der Waals surface area contributed by atoms with E-state index in [1.807, 2.05) is 19.1 Å². The Morgan fingerprint density at radius 1 is 0.906 bits per heavy atom. The first kappa shape index (κ1) is 26.7. The summed E-state index contributed by atoms with van der Waals surface area (Å²) < 4.78 is 6.61. The fourth-order valence-corrected chi connectivity index (χ4v) is 4.54. The number of aryl methyl sites for hydroxylation is 1. The standard InChI is InChI=1S/C12H14BrNO.C7H12O2.C6H6BrN/c13-11-8-14-6-5-10(11)7-12(15)9-3-1-2-4-9;1-9-7(8)6-4-2-3-5-6;1-5-2-3-8-4-6(5)7/h5-6,8-9H,1-4,7H2;6H,2-5H2,1H3;2-4H,1H3. The van der Waals surface area contributed by atoms with Crippen molar-refractivity contribution in [2.45, 2.75) is 64.7 Å². The molecule has 0 aromatic carbocycles. The Morgan fingerprint density at radius 3 is 1.91 bits per heavy atom. The summed E-state index contributed by atoms with van der Waals surface area (Å²) in [4.78, 5) is 30.6. The van der Waals surface area contributed by atoms with E-state index in [9.17, 15) is 9.59 Å². The molecule has 174 valence electrons. The van der Waals surface area contributed by atoms with Crippen LogP contribution >= 0.6 is 31.9 Å². The Balaban J connectivity index is 0.000000183. The summed E-state index contributed by atoms with van der Waals surface area (Å²) >= 11 is 6.75. The van der Waals surface area contributed by atoms with Gasteiger partial charge in [-0.15, -0.1) is 0 Å². The quantitative estimate of drug-likeness (QED) is 0.387. The van der Waals surface area contributed by atoms with E-state index in [4.69, 9.17) is 0 Å². The minimum atomic E-state index is -0.0208. The van der Waals surface area contributed by atoms with Gasteiger partial charge >= 0.3 is 5.97 Å². The van der Waals surface area contributed by atoms with Crippen LogP contribution in [-0.2, 0) is 20.7 Å². The Kier molecular flexibility index (Phi) is 12.1. The van der Waals surface area contributed by atoms with Crippen molar-refractivity contribution < 1.29 is 14.3 Å². The number of aromatic nitrogens is 2. The van der Waals surface area contributed by atoms with Crippen LogP contribution in [0.25, 0.3) is 0 Å². The molecule has 0 aliphatic heterocycles. The minimum Gasteiger partial charge on any atom is -0.469 e. The molecular formula is C25H32Br2N2O3. The molecule has 2 aliphatic rings. The highest BCUT2D eigenvalue weighted by Crippen LogP contribution is 2.27. The first-order valence-corrected chi connectivity index (χ1v) is 12.8. The largest absolute Gasteiger partial charge is 0.469 e. The van der Waals surface area contributed by atoms with Crippen LogP contribution in [0.4, 0.5) is 0 Å². The lowest BCUT2D eigenvalue weighted by Gasteiger charge is -2.08. The van der Waals surface area contributed by atoms with Crippen LogP contribution < -0.4 is 0 Å². The second kappa shape index (κ2) is 14.5. The van der Waals surface area contributed by atoms with Crippen LogP contribution in [-0.4, -0.2) is 28.8 Å². The lowest BCUT2D eigenvalue weighted by Crippen LogP contribution is -2.13. The van der Waals surface area contributed by atoms with Gasteiger partial charge in [0, 0.05) is 46.1 Å². The van der Waals surface area contributed by atoms with Gasteiger partial charge in [0.05, 0.1) is 13.0 Å². The smallest absolute Gasteiger partial charge is 0.308 e. The number of nitrogens with zero attached hydrogens (tertiary/aromatic N) is 2. The topological polar surface area (TPSA) is 69.2 Å². The van der Waals surface area contributed by atoms with E-state index in [1.165, 1.54) is 38.4 Å². The Labute approximate surface area is 208 Å². The van der Waals surface area contributed by atoms with E-state index in [0.717, 1.165) is 40.2 Å². The van der Waals surface area contributed by atoms with E-state index in [2.05, 4.69) is 46.6 Å². The lowest BCUT2D eigenvalue weighted by molar-refractivity contribution is -0.145. The molecule has 2 heterocycles. The third-order valence-corrected chi connectivity index (χ3v) is 7.44. The monoisotopic (exact) mass is 566 g/mol. The van der Waals surface area contributed by atoms with Gasteiger partial charge in [0.15, 0.2) is 0 Å². The van der Waals surface area contributed by atoms with Crippen molar-refractivity contribution in [3.8, 4) is 0 Å². The van der Waals surface area contributed by atoms with E-state index < -0.39 is 0 Å². The summed E-state index contributed by atoms with van der Waals surface area (Å²) in [7, 11) is 1.46. The normalized spacial score (nSPS) is 15.9. The number of ether oxygens (including phenoxy) is 1. The SMILES string of the molecule is COC(=O)C1CCCC1.Cc1ccncc1Br.O=C(Cc1ccncc1Br)C1CCCC1. The van der Waals surface area contributed by atoms with E-state index >= 15 is 0 Å². The Morgan fingerprint density at radius 2 is 1.44 bits per heavy atom. The van der Waals surface area contributed by atoms with Gasteiger partial charge in [0.1, 0.15) is 5.78 Å². The van der Waals surface area contributed by atoms with Gasteiger partial charge in [-0.25, -0.2) is 0 Å². The Bertz CT molecular complexity index is 843. The van der Waals surface area contributed by atoms with Gasteiger partial charge in [-0.05, 0) is 87.7 Å². The van der Waals surface area contributed by atoms with Gasteiger partial charge < -0.3 is 4.74 Å². The molecule has 2 fully saturated rings. The van der Waals surface area contributed by atoms with Crippen LogP contribution in [0.1, 0.15) is 62.5 Å². The highest BCUT2D eigenvalue weighted by atomic mass is 79.9. The van der Waals surface area contributed by atoms with Gasteiger partial charge in [-0.3, -0.25) is 19.6 Å². The fraction of sp³-hybridized carbons (Fsp3) is 0.520. The molecule has 0 bridgehead atoms. The number of methoxy groups -OCH3 is 1. The molecule has 0 saturated heterocycles. The van der Waals surface area contributed by atoms with Crippen molar-refractivity contribution in [1.29, 1.82) is 0 Å². The molecule has 2 aromatic heterocycles. The predicted octanol–water partition coefficient (Wildman–Crippen LogP) is 6.65. The molecule has 4 rings (SSSR count). The van der Waals surface area contributed by atoms with Crippen molar-refractivity contribution in [3.63, 3.8) is 0 Å².